The topological polar surface area (TPSA) is 44.5 Å². The van der Waals surface area contributed by atoms with E-state index in [9.17, 15) is 0 Å². The molecule has 1 heterocycles. The SMILES string of the molecule is CC1(C)[C@H]2C[C@@H]1[C@H]1OB([C@@H](N)Cc3ccccc3)O[C@@]1(C)C2. The molecule has 3 aliphatic carbocycles. The van der Waals surface area contributed by atoms with Gasteiger partial charge in [-0.3, -0.25) is 0 Å². The van der Waals surface area contributed by atoms with Crippen molar-refractivity contribution < 1.29 is 9.31 Å². The maximum absolute atomic E-state index is 6.40. The quantitative estimate of drug-likeness (QED) is 0.873. The lowest BCUT2D eigenvalue weighted by Crippen LogP contribution is -2.63. The largest absolute Gasteiger partial charge is 0.475 e. The van der Waals surface area contributed by atoms with E-state index >= 15 is 0 Å². The first-order chi connectivity index (χ1) is 10.4. The minimum atomic E-state index is -0.273. The third-order valence-corrected chi connectivity index (χ3v) is 6.50. The van der Waals surface area contributed by atoms with E-state index in [-0.39, 0.29) is 24.8 Å². The molecule has 3 nitrogen and oxygen atoms in total. The Kier molecular flexibility index (Phi) is 3.23. The molecule has 2 N–H and O–H groups in total. The number of nitrogens with two attached hydrogens (primary N) is 1. The third-order valence-electron chi connectivity index (χ3n) is 6.50. The van der Waals surface area contributed by atoms with Crippen molar-refractivity contribution >= 4 is 7.12 Å². The summed E-state index contributed by atoms with van der Waals surface area (Å²) >= 11 is 0. The Morgan fingerprint density at radius 2 is 2.00 bits per heavy atom. The molecule has 1 aromatic rings. The Balaban J connectivity index is 1.48. The van der Waals surface area contributed by atoms with Crippen molar-refractivity contribution in [2.24, 2.45) is 23.0 Å². The summed E-state index contributed by atoms with van der Waals surface area (Å²) in [6, 6.07) is 10.4. The van der Waals surface area contributed by atoms with Crippen LogP contribution in [-0.4, -0.2) is 24.8 Å². The Hall–Kier alpha value is -0.835. The first kappa shape index (κ1) is 14.7. The molecule has 22 heavy (non-hydrogen) atoms. The maximum Gasteiger partial charge on any atom is 0.475 e. The van der Waals surface area contributed by atoms with Gasteiger partial charge in [-0.25, -0.2) is 0 Å². The summed E-state index contributed by atoms with van der Waals surface area (Å²) in [7, 11) is -0.273. The molecular formula is C18H26BNO2. The Labute approximate surface area is 133 Å². The van der Waals surface area contributed by atoms with Crippen LogP contribution in [0.15, 0.2) is 30.3 Å². The summed E-state index contributed by atoms with van der Waals surface area (Å²) in [4.78, 5) is 0. The summed E-state index contributed by atoms with van der Waals surface area (Å²) in [6.45, 7) is 6.99. The average Bonchev–Trinajstić information content (AvgIpc) is 2.85. The van der Waals surface area contributed by atoms with Crippen molar-refractivity contribution in [3.63, 3.8) is 0 Å². The van der Waals surface area contributed by atoms with E-state index in [0.717, 1.165) is 18.8 Å². The lowest BCUT2D eigenvalue weighted by Gasteiger charge is -2.63. The van der Waals surface area contributed by atoms with Gasteiger partial charge < -0.3 is 15.0 Å². The maximum atomic E-state index is 6.40. The molecule has 1 aliphatic heterocycles. The molecular weight excluding hydrogens is 273 g/mol. The van der Waals surface area contributed by atoms with Crippen LogP contribution in [-0.2, 0) is 15.7 Å². The smallest absolute Gasteiger partial charge is 0.404 e. The van der Waals surface area contributed by atoms with Crippen LogP contribution in [0.3, 0.4) is 0 Å². The van der Waals surface area contributed by atoms with Crippen molar-refractivity contribution in [2.75, 3.05) is 0 Å². The monoisotopic (exact) mass is 299 g/mol. The van der Waals surface area contributed by atoms with Gasteiger partial charge in [-0.1, -0.05) is 44.2 Å². The van der Waals surface area contributed by atoms with Gasteiger partial charge in [0.05, 0.1) is 11.7 Å². The first-order valence-electron chi connectivity index (χ1n) is 8.53. The van der Waals surface area contributed by atoms with Gasteiger partial charge in [0.2, 0.25) is 0 Å². The fourth-order valence-corrected chi connectivity index (χ4v) is 4.91. The molecule has 2 bridgehead atoms. The Morgan fingerprint density at radius 1 is 1.27 bits per heavy atom. The standard InChI is InChI=1S/C18H26BNO2/c1-17(2)13-10-14(17)16-18(3,11-13)22-19(21-16)15(20)9-12-7-5-4-6-8-12/h4-8,13-16H,9-11,20H2,1-3H3/t13-,14+,15-,16+,18-/m0/s1. The fourth-order valence-electron chi connectivity index (χ4n) is 4.91. The molecule has 0 radical (unpaired) electrons. The second-order valence-electron chi connectivity index (χ2n) is 8.27. The number of hydrogen-bond acceptors (Lipinski definition) is 3. The summed E-state index contributed by atoms with van der Waals surface area (Å²) in [5.41, 5.74) is 7.90. The van der Waals surface area contributed by atoms with Crippen LogP contribution in [0, 0.1) is 17.3 Å². The highest BCUT2D eigenvalue weighted by atomic mass is 16.7. The van der Waals surface area contributed by atoms with Crippen LogP contribution in [0.2, 0.25) is 0 Å². The van der Waals surface area contributed by atoms with Crippen LogP contribution < -0.4 is 5.73 Å². The zero-order valence-corrected chi connectivity index (χ0v) is 13.8. The fraction of sp³-hybridized carbons (Fsp3) is 0.667. The van der Waals surface area contributed by atoms with Gasteiger partial charge in [-0.05, 0) is 49.0 Å². The van der Waals surface area contributed by atoms with E-state index in [4.69, 9.17) is 15.0 Å². The highest BCUT2D eigenvalue weighted by molar-refractivity contribution is 6.47. The number of hydrogen-bond donors (Lipinski definition) is 1. The molecule has 5 atom stereocenters. The molecule has 1 saturated heterocycles. The van der Waals surface area contributed by atoms with E-state index < -0.39 is 0 Å². The normalized spacial score (nSPS) is 40.0. The predicted octanol–water partition coefficient (Wildman–Crippen LogP) is 2.82. The van der Waals surface area contributed by atoms with Gasteiger partial charge in [0.15, 0.2) is 0 Å². The van der Waals surface area contributed by atoms with E-state index in [1.165, 1.54) is 12.0 Å². The van der Waals surface area contributed by atoms with Crippen LogP contribution in [0.4, 0.5) is 0 Å². The van der Waals surface area contributed by atoms with Crippen molar-refractivity contribution in [1.82, 2.24) is 0 Å². The number of rotatable bonds is 3. The second kappa shape index (κ2) is 4.83. The lowest BCUT2D eigenvalue weighted by molar-refractivity contribution is -0.185. The molecule has 0 unspecified atom stereocenters. The highest BCUT2D eigenvalue weighted by Crippen LogP contribution is 2.64. The Bertz CT molecular complexity index is 563. The molecule has 4 heteroatoms. The first-order valence-corrected chi connectivity index (χ1v) is 8.53. The molecule has 0 amide bonds. The second-order valence-corrected chi connectivity index (χ2v) is 8.27. The molecule has 4 aliphatic rings. The zero-order chi connectivity index (χ0) is 15.5. The molecule has 0 spiro atoms. The summed E-state index contributed by atoms with van der Waals surface area (Å²) in [5.74, 6) is 1.28. The van der Waals surface area contributed by atoms with E-state index in [1.807, 2.05) is 6.07 Å². The lowest BCUT2D eigenvalue weighted by atomic mass is 9.45. The third kappa shape index (κ3) is 2.08. The molecule has 118 valence electrons. The predicted molar refractivity (Wildman–Crippen MR) is 88.2 cm³/mol. The Morgan fingerprint density at radius 3 is 2.68 bits per heavy atom. The van der Waals surface area contributed by atoms with Gasteiger partial charge in [-0.15, -0.1) is 0 Å². The molecule has 1 aromatic carbocycles. The van der Waals surface area contributed by atoms with E-state index in [2.05, 4.69) is 45.0 Å². The van der Waals surface area contributed by atoms with Crippen molar-refractivity contribution in [1.29, 1.82) is 0 Å². The zero-order valence-electron chi connectivity index (χ0n) is 13.8. The van der Waals surface area contributed by atoms with Crippen LogP contribution >= 0.6 is 0 Å². The molecule has 4 fully saturated rings. The van der Waals surface area contributed by atoms with Gasteiger partial charge in [0.25, 0.3) is 0 Å². The average molecular weight is 299 g/mol. The minimum absolute atomic E-state index is 0.106. The van der Waals surface area contributed by atoms with Gasteiger partial charge in [-0.2, -0.15) is 0 Å². The summed E-state index contributed by atoms with van der Waals surface area (Å²) in [5, 5.41) is 0. The van der Waals surface area contributed by atoms with Crippen molar-refractivity contribution in [3.05, 3.63) is 35.9 Å². The number of benzene rings is 1. The highest BCUT2D eigenvalue weighted by Gasteiger charge is 2.67. The molecule has 5 rings (SSSR count). The molecule has 0 aromatic heterocycles. The van der Waals surface area contributed by atoms with Gasteiger partial charge in [0, 0.05) is 5.94 Å². The van der Waals surface area contributed by atoms with Gasteiger partial charge in [0.1, 0.15) is 0 Å². The minimum Gasteiger partial charge on any atom is -0.404 e. The van der Waals surface area contributed by atoms with E-state index in [1.54, 1.807) is 0 Å². The summed E-state index contributed by atoms with van der Waals surface area (Å²) in [6.07, 6.45) is 3.40. The van der Waals surface area contributed by atoms with Crippen molar-refractivity contribution in [3.8, 4) is 0 Å². The van der Waals surface area contributed by atoms with Crippen LogP contribution in [0.5, 0.6) is 0 Å². The van der Waals surface area contributed by atoms with Crippen LogP contribution in [0.25, 0.3) is 0 Å². The van der Waals surface area contributed by atoms with Gasteiger partial charge >= 0.3 is 7.12 Å². The molecule has 3 saturated carbocycles. The van der Waals surface area contributed by atoms with E-state index in [0.29, 0.717) is 11.3 Å². The summed E-state index contributed by atoms with van der Waals surface area (Å²) < 4.78 is 12.7. The van der Waals surface area contributed by atoms with Crippen molar-refractivity contribution in [2.45, 2.75) is 57.7 Å². The van der Waals surface area contributed by atoms with Crippen LogP contribution in [0.1, 0.15) is 39.2 Å².